The quantitative estimate of drug-likeness (QED) is 0.118. The van der Waals surface area contributed by atoms with Crippen LogP contribution in [0.1, 0.15) is 56.4 Å². The molecule has 8 heteroatoms. The molecule has 0 aliphatic heterocycles. The topological polar surface area (TPSA) is 56.7 Å². The van der Waals surface area contributed by atoms with Crippen LogP contribution in [0.25, 0.3) is 72.6 Å². The Morgan fingerprint density at radius 1 is 0.729 bits per heavy atom. The van der Waals surface area contributed by atoms with Crippen molar-refractivity contribution in [1.82, 2.24) is 19.5 Å². The van der Waals surface area contributed by atoms with Crippen LogP contribution in [0.2, 0.25) is 17.3 Å². The summed E-state index contributed by atoms with van der Waals surface area (Å²) in [6, 6.07) is 46.7. The van der Waals surface area contributed by atoms with Crippen LogP contribution in [0.15, 0.2) is 132 Å². The zero-order chi connectivity index (χ0) is 40.7. The SMILES string of the molecule is CC(C)c1cc(-c2ccccc2)cc(C(C)C)c1-n1c(-c2[c-]cccc2F)nc2ccccc21.Cc1ccc2c(n1)oc1c[c-]c(-c3cc[c]([Ge]([CH3])([CH3])[CH3])cn3)cc12.[Ir]. The molecule has 0 unspecified atom stereocenters. The molecule has 4 aromatic heterocycles. The molecular weight excluding hydrogens is 968 g/mol. The van der Waals surface area contributed by atoms with Crippen LogP contribution in [0.5, 0.6) is 0 Å². The summed E-state index contributed by atoms with van der Waals surface area (Å²) >= 11 is -1.83. The molecule has 59 heavy (non-hydrogen) atoms. The summed E-state index contributed by atoms with van der Waals surface area (Å²) in [6.45, 7) is 10.8. The maximum Gasteiger partial charge on any atom is 0 e. The number of hydrogen-bond acceptors (Lipinski definition) is 4. The van der Waals surface area contributed by atoms with Crippen LogP contribution >= 0.6 is 0 Å². The third-order valence-electron chi connectivity index (χ3n) is 10.6. The second kappa shape index (κ2) is 17.2. The van der Waals surface area contributed by atoms with Crippen LogP contribution in [-0.4, -0.2) is 32.8 Å². The van der Waals surface area contributed by atoms with Crippen LogP contribution in [-0.2, 0) is 20.1 Å². The first-order chi connectivity index (χ1) is 27.9. The Kier molecular flexibility index (Phi) is 12.2. The minimum atomic E-state index is -1.83. The molecule has 0 aliphatic carbocycles. The van der Waals surface area contributed by atoms with Gasteiger partial charge in [0.2, 0.25) is 0 Å². The smallest absolute Gasteiger partial charge is 0 e. The van der Waals surface area contributed by atoms with Gasteiger partial charge in [0.15, 0.2) is 0 Å². The summed E-state index contributed by atoms with van der Waals surface area (Å²) in [6.07, 6.45) is 2.03. The van der Waals surface area contributed by atoms with Crippen molar-refractivity contribution in [3.8, 4) is 39.5 Å². The van der Waals surface area contributed by atoms with Crippen LogP contribution in [0, 0.1) is 24.9 Å². The van der Waals surface area contributed by atoms with Gasteiger partial charge in [0.25, 0.3) is 0 Å². The number of halogens is 1. The fourth-order valence-corrected chi connectivity index (χ4v) is 9.63. The fourth-order valence-electron chi connectivity index (χ4n) is 7.46. The summed E-state index contributed by atoms with van der Waals surface area (Å²) < 4.78 is 24.4. The molecule has 9 aromatic rings. The Morgan fingerprint density at radius 3 is 2.10 bits per heavy atom. The number of aryl methyl sites for hydroxylation is 1. The monoisotopic (exact) mass is 1020 g/mol. The van der Waals surface area contributed by atoms with Crippen LogP contribution < -0.4 is 4.40 Å². The molecule has 0 spiro atoms. The Bertz CT molecular complexity index is 2880. The Hall–Kier alpha value is -5.21. The number of furan rings is 1. The van der Waals surface area contributed by atoms with E-state index in [2.05, 4.69) is 138 Å². The van der Waals surface area contributed by atoms with E-state index in [1.165, 1.54) is 32.7 Å². The van der Waals surface area contributed by atoms with Gasteiger partial charge >= 0.3 is 144 Å². The van der Waals surface area contributed by atoms with Gasteiger partial charge in [0.05, 0.1) is 16.9 Å². The first-order valence-electron chi connectivity index (χ1n) is 19.9. The molecule has 5 aromatic carbocycles. The Labute approximate surface area is 362 Å². The van der Waals surface area contributed by atoms with Gasteiger partial charge in [-0.1, -0.05) is 75.7 Å². The molecule has 5 nitrogen and oxygen atoms in total. The van der Waals surface area contributed by atoms with E-state index in [4.69, 9.17) is 9.40 Å². The summed E-state index contributed by atoms with van der Waals surface area (Å²) in [5.41, 5.74) is 12.5. The Morgan fingerprint density at radius 2 is 1.44 bits per heavy atom. The fraction of sp³-hybridized carbons (Fsp3) is 0.196. The van der Waals surface area contributed by atoms with Crippen molar-refractivity contribution in [2.45, 2.75) is 63.7 Å². The molecule has 1 radical (unpaired) electrons. The van der Waals surface area contributed by atoms with E-state index in [0.717, 1.165) is 50.0 Å². The Balaban J connectivity index is 0.000000186. The number of rotatable bonds is 7. The zero-order valence-corrected chi connectivity index (χ0v) is 39.2. The first-order valence-corrected chi connectivity index (χ1v) is 27.3. The van der Waals surface area contributed by atoms with Gasteiger partial charge in [0.1, 0.15) is 0 Å². The molecule has 299 valence electrons. The first kappa shape index (κ1) is 41.9. The zero-order valence-electron chi connectivity index (χ0n) is 34.7. The van der Waals surface area contributed by atoms with Crippen molar-refractivity contribution >= 4 is 50.8 Å². The minimum absolute atomic E-state index is 0. The van der Waals surface area contributed by atoms with Crippen molar-refractivity contribution in [3.05, 3.63) is 162 Å². The van der Waals surface area contributed by atoms with Gasteiger partial charge in [-0.2, -0.15) is 0 Å². The van der Waals surface area contributed by atoms with Crippen molar-refractivity contribution in [2.75, 3.05) is 0 Å². The van der Waals surface area contributed by atoms with E-state index in [9.17, 15) is 0 Å². The number of benzene rings is 5. The standard InChI is InChI=1S/C31H28FN2.C20H19GeN2O.Ir/c1-20(2)25-18-23(22-12-6-5-7-13-22)19-26(21(3)4)30(25)34-29-17-11-10-16-28(29)33-31(34)24-14-8-9-15-27(24)32;1-13-5-8-16-17-11-14(6-10-19(17)24-20(16)23-13)18-9-7-15(12-22-18)21(2,3)4;/h5-13,15-21H,1-4H3;5,7-12H,1-4H3;/q2*-1;. The van der Waals surface area contributed by atoms with E-state index in [1.54, 1.807) is 12.1 Å². The maximum absolute atomic E-state index is 15.0. The molecule has 0 N–H and O–H groups in total. The molecule has 0 saturated heterocycles. The number of para-hydroxylation sites is 2. The average Bonchev–Trinajstić information content (AvgIpc) is 3.78. The number of aromatic nitrogens is 4. The number of fused-ring (bicyclic) bond motifs is 4. The number of nitrogens with zero attached hydrogens (tertiary/aromatic N) is 4. The van der Waals surface area contributed by atoms with Gasteiger partial charge in [-0.3, -0.25) is 9.37 Å². The van der Waals surface area contributed by atoms with Gasteiger partial charge in [-0.15, -0.1) is 24.3 Å². The molecule has 0 bridgehead atoms. The second-order valence-corrected chi connectivity index (χ2v) is 27.2. The summed E-state index contributed by atoms with van der Waals surface area (Å²) in [5.74, 6) is 7.90. The van der Waals surface area contributed by atoms with Crippen molar-refractivity contribution in [1.29, 1.82) is 0 Å². The molecule has 0 saturated carbocycles. The van der Waals surface area contributed by atoms with Crippen molar-refractivity contribution in [3.63, 3.8) is 0 Å². The molecular formula is C51H47FGeIrN4O-2. The van der Waals surface area contributed by atoms with E-state index < -0.39 is 13.3 Å². The van der Waals surface area contributed by atoms with Gasteiger partial charge in [0, 0.05) is 31.6 Å². The van der Waals surface area contributed by atoms with Gasteiger partial charge in [-0.25, -0.2) is 0 Å². The van der Waals surface area contributed by atoms with E-state index in [0.29, 0.717) is 17.1 Å². The van der Waals surface area contributed by atoms with E-state index in [-0.39, 0.29) is 37.8 Å². The molecule has 0 fully saturated rings. The summed E-state index contributed by atoms with van der Waals surface area (Å²) in [4.78, 5) is 14.0. The summed E-state index contributed by atoms with van der Waals surface area (Å²) in [7, 11) is 0. The maximum atomic E-state index is 15.0. The molecule has 9 rings (SSSR count). The molecule has 0 amide bonds. The van der Waals surface area contributed by atoms with Crippen LogP contribution in [0.4, 0.5) is 4.39 Å². The predicted molar refractivity (Wildman–Crippen MR) is 240 cm³/mol. The van der Waals surface area contributed by atoms with Crippen LogP contribution in [0.3, 0.4) is 0 Å². The number of imidazole rings is 1. The number of hydrogen-bond donors (Lipinski definition) is 0. The van der Waals surface area contributed by atoms with Gasteiger partial charge in [-0.05, 0) is 58.4 Å². The third-order valence-corrected chi connectivity index (χ3v) is 14.9. The summed E-state index contributed by atoms with van der Waals surface area (Å²) in [5, 5.41) is 2.10. The third kappa shape index (κ3) is 8.47. The minimum Gasteiger partial charge on any atom is 0 e. The van der Waals surface area contributed by atoms with Crippen molar-refractivity contribution < 1.29 is 28.9 Å². The van der Waals surface area contributed by atoms with Crippen molar-refractivity contribution in [2.24, 2.45) is 0 Å². The number of pyridine rings is 2. The molecule has 4 heterocycles. The molecule has 0 atom stereocenters. The largest absolute Gasteiger partial charge is 0 e. The molecule has 0 aliphatic rings. The van der Waals surface area contributed by atoms with Gasteiger partial charge < -0.3 is 4.57 Å². The van der Waals surface area contributed by atoms with E-state index in [1.807, 2.05) is 49.5 Å². The predicted octanol–water partition coefficient (Wildman–Crippen LogP) is 13.2. The van der Waals surface area contributed by atoms with E-state index >= 15 is 4.39 Å². The second-order valence-electron chi connectivity index (χ2n) is 16.5. The average molecular weight is 1020 g/mol. The normalized spacial score (nSPS) is 11.6.